The summed E-state index contributed by atoms with van der Waals surface area (Å²) in [4.78, 5) is 10.8. The number of benzene rings is 1. The van der Waals surface area contributed by atoms with Crippen LogP contribution in [-0.2, 0) is 10.3 Å². The van der Waals surface area contributed by atoms with Crippen LogP contribution in [0.4, 0.5) is 4.39 Å². The Morgan fingerprint density at radius 3 is 2.71 bits per heavy atom. The molecular formula is C10H9BrFNO. The van der Waals surface area contributed by atoms with Crippen molar-refractivity contribution >= 4 is 21.8 Å². The van der Waals surface area contributed by atoms with E-state index in [4.69, 9.17) is 0 Å². The summed E-state index contributed by atoms with van der Waals surface area (Å²) in [5.74, 6) is -0.323. The highest BCUT2D eigenvalue weighted by atomic mass is 79.9. The smallest absolute Gasteiger partial charge is 0.223 e. The van der Waals surface area contributed by atoms with Gasteiger partial charge in [0.15, 0.2) is 0 Å². The number of carbonyl (C=O) groups excluding carboxylic acids is 1. The van der Waals surface area contributed by atoms with Crippen LogP contribution in [0.15, 0.2) is 22.7 Å². The van der Waals surface area contributed by atoms with Crippen molar-refractivity contribution < 1.29 is 9.18 Å². The van der Waals surface area contributed by atoms with Crippen molar-refractivity contribution in [3.05, 3.63) is 34.1 Å². The van der Waals surface area contributed by atoms with Crippen LogP contribution in [0, 0.1) is 5.82 Å². The number of amides is 1. The van der Waals surface area contributed by atoms with Gasteiger partial charge in [0.1, 0.15) is 5.82 Å². The number of β-lactam (4-membered cyclic amide) rings is 1. The first-order chi connectivity index (χ1) is 6.51. The van der Waals surface area contributed by atoms with Gasteiger partial charge < -0.3 is 5.32 Å². The Morgan fingerprint density at radius 1 is 1.57 bits per heavy atom. The van der Waals surface area contributed by atoms with E-state index in [1.807, 2.05) is 6.92 Å². The zero-order valence-electron chi connectivity index (χ0n) is 7.60. The highest BCUT2D eigenvalue weighted by Gasteiger charge is 2.41. The van der Waals surface area contributed by atoms with Crippen molar-refractivity contribution in [1.29, 1.82) is 0 Å². The highest BCUT2D eigenvalue weighted by molar-refractivity contribution is 9.10. The summed E-state index contributed by atoms with van der Waals surface area (Å²) in [6.07, 6.45) is 0.353. The average Bonchev–Trinajstić information content (AvgIpc) is 2.00. The molecule has 0 aliphatic carbocycles. The van der Waals surface area contributed by atoms with Gasteiger partial charge in [-0.2, -0.15) is 0 Å². The van der Waals surface area contributed by atoms with E-state index in [1.165, 1.54) is 6.07 Å². The molecule has 0 bridgehead atoms. The SMILES string of the molecule is CC1(c2ccc(Br)cc2F)CC(=O)N1. The molecule has 1 N–H and O–H groups in total. The topological polar surface area (TPSA) is 29.1 Å². The summed E-state index contributed by atoms with van der Waals surface area (Å²) in [5, 5.41) is 2.70. The quantitative estimate of drug-likeness (QED) is 0.769. The van der Waals surface area contributed by atoms with E-state index in [0.717, 1.165) is 0 Å². The maximum Gasteiger partial charge on any atom is 0.223 e. The number of halogens is 2. The van der Waals surface area contributed by atoms with Gasteiger partial charge in [-0.25, -0.2) is 4.39 Å². The summed E-state index contributed by atoms with van der Waals surface area (Å²) >= 11 is 3.19. The zero-order chi connectivity index (χ0) is 10.3. The standard InChI is InChI=1S/C10H9BrFNO/c1-10(5-9(14)13-10)7-3-2-6(11)4-8(7)12/h2-4H,5H2,1H3,(H,13,14). The minimum Gasteiger partial charge on any atom is -0.346 e. The third-order valence-electron chi connectivity index (χ3n) is 2.46. The van der Waals surface area contributed by atoms with E-state index in [0.29, 0.717) is 16.5 Å². The third-order valence-corrected chi connectivity index (χ3v) is 2.95. The van der Waals surface area contributed by atoms with Gasteiger partial charge in [-0.1, -0.05) is 22.0 Å². The van der Waals surface area contributed by atoms with E-state index in [-0.39, 0.29) is 11.7 Å². The van der Waals surface area contributed by atoms with Crippen molar-refractivity contribution in [2.24, 2.45) is 0 Å². The lowest BCUT2D eigenvalue weighted by molar-refractivity contribution is -0.132. The van der Waals surface area contributed by atoms with Gasteiger partial charge in [-0.3, -0.25) is 4.79 Å². The van der Waals surface area contributed by atoms with Crippen molar-refractivity contribution in [3.63, 3.8) is 0 Å². The van der Waals surface area contributed by atoms with E-state index in [2.05, 4.69) is 21.2 Å². The first-order valence-corrected chi connectivity index (χ1v) is 5.07. The largest absolute Gasteiger partial charge is 0.346 e. The van der Waals surface area contributed by atoms with Crippen LogP contribution in [-0.4, -0.2) is 5.91 Å². The second-order valence-corrected chi connectivity index (χ2v) is 4.60. The first kappa shape index (κ1) is 9.65. The molecule has 1 aliphatic rings. The number of hydrogen-bond donors (Lipinski definition) is 1. The lowest BCUT2D eigenvalue weighted by Crippen LogP contribution is -2.56. The van der Waals surface area contributed by atoms with Gasteiger partial charge in [0, 0.05) is 10.0 Å². The molecule has 1 amide bonds. The van der Waals surface area contributed by atoms with Gasteiger partial charge in [0.25, 0.3) is 0 Å². The van der Waals surface area contributed by atoms with Gasteiger partial charge >= 0.3 is 0 Å². The number of nitrogens with one attached hydrogen (secondary N) is 1. The lowest BCUT2D eigenvalue weighted by atomic mass is 9.82. The number of hydrogen-bond acceptors (Lipinski definition) is 1. The van der Waals surface area contributed by atoms with Crippen LogP contribution < -0.4 is 5.32 Å². The zero-order valence-corrected chi connectivity index (χ0v) is 9.19. The summed E-state index contributed by atoms with van der Waals surface area (Å²) in [6, 6.07) is 4.87. The van der Waals surface area contributed by atoms with Crippen LogP contribution in [0.2, 0.25) is 0 Å². The molecule has 0 aromatic heterocycles. The first-order valence-electron chi connectivity index (χ1n) is 4.28. The predicted molar refractivity (Wildman–Crippen MR) is 54.2 cm³/mol. The summed E-state index contributed by atoms with van der Waals surface area (Å²) in [7, 11) is 0. The van der Waals surface area contributed by atoms with Crippen LogP contribution in [0.25, 0.3) is 0 Å². The second-order valence-electron chi connectivity index (χ2n) is 3.68. The normalized spacial score (nSPS) is 25.5. The third kappa shape index (κ3) is 1.43. The Balaban J connectivity index is 2.37. The Hall–Kier alpha value is -0.900. The van der Waals surface area contributed by atoms with Crippen LogP contribution in [0.1, 0.15) is 18.9 Å². The van der Waals surface area contributed by atoms with Crippen molar-refractivity contribution in [3.8, 4) is 0 Å². The molecule has 1 fully saturated rings. The van der Waals surface area contributed by atoms with Crippen molar-refractivity contribution in [2.75, 3.05) is 0 Å². The van der Waals surface area contributed by atoms with Crippen molar-refractivity contribution in [2.45, 2.75) is 18.9 Å². The fourth-order valence-corrected chi connectivity index (χ4v) is 2.04. The Labute approximate surface area is 89.6 Å². The Kier molecular flexibility index (Phi) is 2.10. The van der Waals surface area contributed by atoms with E-state index >= 15 is 0 Å². The fraction of sp³-hybridized carbons (Fsp3) is 0.300. The highest BCUT2D eigenvalue weighted by Crippen LogP contribution is 2.33. The molecule has 0 spiro atoms. The molecule has 2 nitrogen and oxygen atoms in total. The molecule has 4 heteroatoms. The average molecular weight is 258 g/mol. The maximum absolute atomic E-state index is 13.5. The molecule has 1 heterocycles. The van der Waals surface area contributed by atoms with E-state index in [9.17, 15) is 9.18 Å². The molecule has 1 aromatic carbocycles. The van der Waals surface area contributed by atoms with E-state index in [1.54, 1.807) is 12.1 Å². The number of carbonyl (C=O) groups is 1. The molecule has 1 saturated heterocycles. The molecule has 1 aliphatic heterocycles. The molecule has 0 saturated carbocycles. The molecule has 0 radical (unpaired) electrons. The summed E-state index contributed by atoms with van der Waals surface area (Å²) in [5.41, 5.74) is 0.0160. The fourth-order valence-electron chi connectivity index (χ4n) is 1.71. The monoisotopic (exact) mass is 257 g/mol. The van der Waals surface area contributed by atoms with Gasteiger partial charge in [-0.15, -0.1) is 0 Å². The summed E-state index contributed by atoms with van der Waals surface area (Å²) in [6.45, 7) is 1.82. The van der Waals surface area contributed by atoms with E-state index < -0.39 is 5.54 Å². The number of rotatable bonds is 1. The van der Waals surface area contributed by atoms with Gasteiger partial charge in [0.05, 0.1) is 12.0 Å². The molecular weight excluding hydrogens is 249 g/mol. The molecule has 1 unspecified atom stereocenters. The Morgan fingerprint density at radius 2 is 2.21 bits per heavy atom. The van der Waals surface area contributed by atoms with Crippen molar-refractivity contribution in [1.82, 2.24) is 5.32 Å². The molecule has 1 atom stereocenters. The molecule has 2 rings (SSSR count). The van der Waals surface area contributed by atoms with Crippen LogP contribution in [0.5, 0.6) is 0 Å². The molecule has 14 heavy (non-hydrogen) atoms. The summed E-state index contributed by atoms with van der Waals surface area (Å²) < 4.78 is 14.2. The minimum atomic E-state index is -0.526. The minimum absolute atomic E-state index is 0.0326. The van der Waals surface area contributed by atoms with Crippen LogP contribution >= 0.6 is 15.9 Å². The molecule has 1 aromatic rings. The predicted octanol–water partition coefficient (Wildman–Crippen LogP) is 2.32. The van der Waals surface area contributed by atoms with Gasteiger partial charge in [-0.05, 0) is 19.1 Å². The Bertz CT molecular complexity index is 397. The lowest BCUT2D eigenvalue weighted by Gasteiger charge is -2.39. The van der Waals surface area contributed by atoms with Gasteiger partial charge in [0.2, 0.25) is 5.91 Å². The van der Waals surface area contributed by atoms with Crippen LogP contribution in [0.3, 0.4) is 0 Å². The molecule has 74 valence electrons. The second kappa shape index (κ2) is 3.05. The maximum atomic E-state index is 13.5.